The van der Waals surface area contributed by atoms with Gasteiger partial charge in [-0.3, -0.25) is 4.98 Å². The molecule has 0 unspecified atom stereocenters. The van der Waals surface area contributed by atoms with E-state index in [2.05, 4.69) is 95.3 Å². The molecule has 5 aromatic rings. The van der Waals surface area contributed by atoms with Crippen LogP contribution in [0.2, 0.25) is 0 Å². The van der Waals surface area contributed by atoms with Gasteiger partial charge in [-0.1, -0.05) is 70.2 Å². The first-order valence-electron chi connectivity index (χ1n) is 11.4. The first-order valence-corrected chi connectivity index (χ1v) is 11.4. The Morgan fingerprint density at radius 3 is 2.50 bits per heavy atom. The fourth-order valence-corrected chi connectivity index (χ4v) is 5.48. The summed E-state index contributed by atoms with van der Waals surface area (Å²) in [5.74, 6) is 0.453. The third-order valence-electron chi connectivity index (χ3n) is 7.26. The van der Waals surface area contributed by atoms with Gasteiger partial charge in [0.25, 0.3) is 0 Å². The molecule has 0 radical (unpaired) electrons. The predicted octanol–water partition coefficient (Wildman–Crippen LogP) is 8.39. The number of fused-ring (bicyclic) bond motifs is 7. The van der Waals surface area contributed by atoms with Crippen molar-refractivity contribution in [3.8, 4) is 22.4 Å². The van der Waals surface area contributed by atoms with Crippen LogP contribution >= 0.6 is 0 Å². The lowest BCUT2D eigenvalue weighted by Gasteiger charge is -2.21. The van der Waals surface area contributed by atoms with E-state index < -0.39 is 0 Å². The van der Waals surface area contributed by atoms with Gasteiger partial charge in [0.2, 0.25) is 0 Å². The summed E-state index contributed by atoms with van der Waals surface area (Å²) in [6.07, 6.45) is 1.92. The first-order chi connectivity index (χ1) is 15.4. The maximum absolute atomic E-state index is 6.59. The molecule has 2 heteroatoms. The highest BCUT2D eigenvalue weighted by Crippen LogP contribution is 2.53. The number of aryl methyl sites for hydroxylation is 1. The van der Waals surface area contributed by atoms with Crippen LogP contribution in [0.3, 0.4) is 0 Å². The maximum atomic E-state index is 6.59. The molecule has 0 bridgehead atoms. The average molecular weight is 418 g/mol. The standard InChI is InChI=1S/C30H27NO/c1-17(2)19-14-15-31-24(16-19)26-18(3)10-11-21-28-25(32-29(21)26)13-12-23-27(28)20-8-6-7-9-22(20)30(23,4)5/h6-17H,1-5H3. The van der Waals surface area contributed by atoms with Crippen molar-refractivity contribution in [1.29, 1.82) is 0 Å². The number of nitrogens with zero attached hydrogens (tertiary/aromatic N) is 1. The minimum absolute atomic E-state index is 0.0234. The molecule has 1 aliphatic carbocycles. The monoisotopic (exact) mass is 417 g/mol. The summed E-state index contributed by atoms with van der Waals surface area (Å²) < 4.78 is 6.59. The van der Waals surface area contributed by atoms with E-state index in [4.69, 9.17) is 9.40 Å². The van der Waals surface area contributed by atoms with Crippen molar-refractivity contribution in [2.24, 2.45) is 0 Å². The molecule has 158 valence electrons. The zero-order valence-electron chi connectivity index (χ0n) is 19.3. The molecule has 0 fully saturated rings. The number of aromatic nitrogens is 1. The quantitative estimate of drug-likeness (QED) is 0.288. The van der Waals surface area contributed by atoms with Crippen LogP contribution in [0.1, 0.15) is 55.9 Å². The topological polar surface area (TPSA) is 26.0 Å². The van der Waals surface area contributed by atoms with Crippen molar-refractivity contribution < 1.29 is 4.42 Å². The van der Waals surface area contributed by atoms with Crippen molar-refractivity contribution in [3.05, 3.63) is 89.1 Å². The average Bonchev–Trinajstić information content (AvgIpc) is 3.26. The number of hydrogen-bond acceptors (Lipinski definition) is 2. The Morgan fingerprint density at radius 1 is 0.875 bits per heavy atom. The van der Waals surface area contributed by atoms with Crippen molar-refractivity contribution >= 4 is 21.9 Å². The van der Waals surface area contributed by atoms with Crippen LogP contribution in [0, 0.1) is 6.92 Å². The second kappa shape index (κ2) is 6.56. The summed E-state index contributed by atoms with van der Waals surface area (Å²) in [7, 11) is 0. The second-order valence-electron chi connectivity index (χ2n) is 9.90. The predicted molar refractivity (Wildman–Crippen MR) is 133 cm³/mol. The van der Waals surface area contributed by atoms with Crippen molar-refractivity contribution in [2.45, 2.75) is 46.0 Å². The molecule has 2 nitrogen and oxygen atoms in total. The van der Waals surface area contributed by atoms with Gasteiger partial charge >= 0.3 is 0 Å². The van der Waals surface area contributed by atoms with E-state index in [0.29, 0.717) is 5.92 Å². The molecule has 0 atom stereocenters. The lowest BCUT2D eigenvalue weighted by atomic mass is 9.82. The molecule has 0 N–H and O–H groups in total. The van der Waals surface area contributed by atoms with Crippen molar-refractivity contribution in [2.75, 3.05) is 0 Å². The SMILES string of the molecule is Cc1ccc2c(oc3ccc4c(c32)-c2ccccc2C4(C)C)c1-c1cc(C(C)C)ccn1. The van der Waals surface area contributed by atoms with Gasteiger partial charge in [-0.15, -0.1) is 0 Å². The zero-order chi connectivity index (χ0) is 22.2. The Kier molecular flexibility index (Phi) is 3.96. The second-order valence-corrected chi connectivity index (χ2v) is 9.90. The molecular formula is C30H27NO. The molecule has 2 aromatic heterocycles. The summed E-state index contributed by atoms with van der Waals surface area (Å²) >= 11 is 0. The zero-order valence-corrected chi connectivity index (χ0v) is 19.3. The molecule has 0 amide bonds. The largest absolute Gasteiger partial charge is 0.455 e. The molecule has 0 saturated carbocycles. The van der Waals surface area contributed by atoms with Gasteiger partial charge in [0.05, 0.1) is 5.69 Å². The van der Waals surface area contributed by atoms with Crippen LogP contribution in [-0.2, 0) is 5.41 Å². The lowest BCUT2D eigenvalue weighted by molar-refractivity contribution is 0.657. The molecular weight excluding hydrogens is 390 g/mol. The Labute approximate surface area is 188 Å². The summed E-state index contributed by atoms with van der Waals surface area (Å²) in [5, 5.41) is 2.39. The van der Waals surface area contributed by atoms with Gasteiger partial charge < -0.3 is 4.42 Å². The molecule has 1 aliphatic rings. The smallest absolute Gasteiger partial charge is 0.145 e. The van der Waals surface area contributed by atoms with E-state index in [0.717, 1.165) is 22.4 Å². The van der Waals surface area contributed by atoms with Crippen LogP contribution in [0.25, 0.3) is 44.3 Å². The molecule has 0 aliphatic heterocycles. The van der Waals surface area contributed by atoms with Crippen molar-refractivity contribution in [3.63, 3.8) is 0 Å². The summed E-state index contributed by atoms with van der Waals surface area (Å²) in [4.78, 5) is 4.74. The van der Waals surface area contributed by atoms with Gasteiger partial charge in [0.1, 0.15) is 11.2 Å². The van der Waals surface area contributed by atoms with E-state index in [1.165, 1.54) is 44.2 Å². The maximum Gasteiger partial charge on any atom is 0.145 e. The lowest BCUT2D eigenvalue weighted by Crippen LogP contribution is -2.14. The Balaban J connectivity index is 1.72. The molecule has 0 saturated heterocycles. The Morgan fingerprint density at radius 2 is 1.69 bits per heavy atom. The summed E-state index contributed by atoms with van der Waals surface area (Å²) in [5.41, 5.74) is 11.8. The van der Waals surface area contributed by atoms with E-state index in [1.54, 1.807) is 0 Å². The number of pyridine rings is 1. The molecule has 32 heavy (non-hydrogen) atoms. The minimum atomic E-state index is -0.0234. The van der Waals surface area contributed by atoms with E-state index >= 15 is 0 Å². The van der Waals surface area contributed by atoms with Crippen molar-refractivity contribution in [1.82, 2.24) is 4.98 Å². The normalized spacial score (nSPS) is 14.3. The summed E-state index contributed by atoms with van der Waals surface area (Å²) in [6, 6.07) is 22.0. The number of furan rings is 1. The molecule has 2 heterocycles. The van der Waals surface area contributed by atoms with Gasteiger partial charge in [-0.25, -0.2) is 0 Å². The minimum Gasteiger partial charge on any atom is -0.455 e. The third-order valence-corrected chi connectivity index (χ3v) is 7.26. The van der Waals surface area contributed by atoms with Crippen LogP contribution < -0.4 is 0 Å². The van der Waals surface area contributed by atoms with Gasteiger partial charge in [0, 0.05) is 27.9 Å². The first kappa shape index (κ1) is 19.3. The van der Waals surface area contributed by atoms with E-state index in [1.807, 2.05) is 6.20 Å². The fourth-order valence-electron chi connectivity index (χ4n) is 5.48. The van der Waals surface area contributed by atoms with Gasteiger partial charge in [-0.05, 0) is 64.4 Å². The van der Waals surface area contributed by atoms with Crippen LogP contribution in [0.4, 0.5) is 0 Å². The molecule has 6 rings (SSSR count). The number of hydrogen-bond donors (Lipinski definition) is 0. The van der Waals surface area contributed by atoms with E-state index in [-0.39, 0.29) is 5.41 Å². The Hall–Kier alpha value is -3.39. The van der Waals surface area contributed by atoms with Crippen LogP contribution in [0.15, 0.2) is 71.3 Å². The van der Waals surface area contributed by atoms with Gasteiger partial charge in [0.15, 0.2) is 0 Å². The number of rotatable bonds is 2. The fraction of sp³-hybridized carbons (Fsp3) is 0.233. The van der Waals surface area contributed by atoms with Crippen LogP contribution in [0.5, 0.6) is 0 Å². The van der Waals surface area contributed by atoms with Gasteiger partial charge in [-0.2, -0.15) is 0 Å². The Bertz CT molecular complexity index is 1530. The van der Waals surface area contributed by atoms with Crippen LogP contribution in [-0.4, -0.2) is 4.98 Å². The summed E-state index contributed by atoms with van der Waals surface area (Å²) in [6.45, 7) is 11.2. The molecule has 3 aromatic carbocycles. The third kappa shape index (κ3) is 2.50. The molecule has 0 spiro atoms. The van der Waals surface area contributed by atoms with E-state index in [9.17, 15) is 0 Å². The highest BCUT2D eigenvalue weighted by atomic mass is 16.3. The highest BCUT2D eigenvalue weighted by Gasteiger charge is 2.37. The number of benzene rings is 3. The highest BCUT2D eigenvalue weighted by molar-refractivity contribution is 6.17.